The number of amides is 2. The molecule has 1 aromatic carbocycles. The number of carbonyl (C=O) groups excluding carboxylic acids is 2. The molecular weight excluding hydrogens is 348 g/mol. The molecule has 1 aliphatic carbocycles. The van der Waals surface area contributed by atoms with Gasteiger partial charge in [0.05, 0.1) is 0 Å². The summed E-state index contributed by atoms with van der Waals surface area (Å²) in [6.45, 7) is 0.605. The van der Waals surface area contributed by atoms with Crippen molar-refractivity contribution < 1.29 is 9.59 Å². The second kappa shape index (κ2) is 7.53. The van der Waals surface area contributed by atoms with Gasteiger partial charge in [-0.1, -0.05) is 48.8 Å². The van der Waals surface area contributed by atoms with E-state index in [1.54, 1.807) is 4.90 Å². The third kappa shape index (κ3) is 3.62. The number of hydrogen-bond donors (Lipinski definition) is 1. The molecular formula is C19H22N4O2S. The van der Waals surface area contributed by atoms with E-state index in [0.717, 1.165) is 36.4 Å². The van der Waals surface area contributed by atoms with Crippen molar-refractivity contribution in [2.75, 3.05) is 16.8 Å². The SMILES string of the molecule is O=C(Nc1nnc(C2CC(=O)N(c3ccccc3)C2)s1)C1CCCCC1. The molecule has 2 amide bonds. The minimum atomic E-state index is 0.0283. The first-order valence-corrected chi connectivity index (χ1v) is 10.0. The first-order chi connectivity index (χ1) is 12.7. The van der Waals surface area contributed by atoms with E-state index >= 15 is 0 Å². The molecule has 2 fully saturated rings. The van der Waals surface area contributed by atoms with Crippen LogP contribution in [0.15, 0.2) is 30.3 Å². The molecule has 4 rings (SSSR count). The quantitative estimate of drug-likeness (QED) is 0.893. The van der Waals surface area contributed by atoms with Gasteiger partial charge < -0.3 is 10.2 Å². The van der Waals surface area contributed by atoms with Crippen LogP contribution in [-0.2, 0) is 9.59 Å². The Balaban J connectivity index is 1.40. The average Bonchev–Trinajstić information content (AvgIpc) is 3.30. The van der Waals surface area contributed by atoms with E-state index < -0.39 is 0 Å². The van der Waals surface area contributed by atoms with E-state index in [1.165, 1.54) is 17.8 Å². The summed E-state index contributed by atoms with van der Waals surface area (Å²) in [5.74, 6) is 0.281. The van der Waals surface area contributed by atoms with Crippen molar-refractivity contribution >= 4 is 34.0 Å². The van der Waals surface area contributed by atoms with Gasteiger partial charge >= 0.3 is 0 Å². The summed E-state index contributed by atoms with van der Waals surface area (Å²) in [4.78, 5) is 26.5. The molecule has 1 N–H and O–H groups in total. The van der Waals surface area contributed by atoms with Crippen LogP contribution in [-0.4, -0.2) is 28.6 Å². The fourth-order valence-corrected chi connectivity index (χ4v) is 4.59. The van der Waals surface area contributed by atoms with Gasteiger partial charge in [-0.3, -0.25) is 9.59 Å². The van der Waals surface area contributed by atoms with Crippen LogP contribution in [0.1, 0.15) is 49.5 Å². The fourth-order valence-electron chi connectivity index (χ4n) is 3.75. The molecule has 6 nitrogen and oxygen atoms in total. The highest BCUT2D eigenvalue weighted by Crippen LogP contribution is 2.34. The Bertz CT molecular complexity index is 786. The smallest absolute Gasteiger partial charge is 0.229 e. The molecule has 2 aliphatic rings. The highest BCUT2D eigenvalue weighted by atomic mass is 32.1. The van der Waals surface area contributed by atoms with Crippen LogP contribution < -0.4 is 10.2 Å². The molecule has 0 spiro atoms. The molecule has 1 atom stereocenters. The zero-order valence-corrected chi connectivity index (χ0v) is 15.4. The van der Waals surface area contributed by atoms with E-state index in [4.69, 9.17) is 0 Å². The minimum absolute atomic E-state index is 0.0283. The van der Waals surface area contributed by atoms with Crippen LogP contribution in [0.2, 0.25) is 0 Å². The lowest BCUT2D eigenvalue weighted by Crippen LogP contribution is -2.24. The Morgan fingerprint density at radius 3 is 2.65 bits per heavy atom. The minimum Gasteiger partial charge on any atom is -0.312 e. The summed E-state index contributed by atoms with van der Waals surface area (Å²) < 4.78 is 0. The topological polar surface area (TPSA) is 75.2 Å². The molecule has 1 saturated heterocycles. The molecule has 0 radical (unpaired) electrons. The van der Waals surface area contributed by atoms with Crippen LogP contribution in [0, 0.1) is 5.92 Å². The largest absolute Gasteiger partial charge is 0.312 e. The summed E-state index contributed by atoms with van der Waals surface area (Å²) in [6, 6.07) is 9.68. The third-order valence-electron chi connectivity index (χ3n) is 5.19. The van der Waals surface area contributed by atoms with E-state index in [-0.39, 0.29) is 23.7 Å². The molecule has 2 aromatic rings. The Morgan fingerprint density at radius 2 is 1.88 bits per heavy atom. The standard InChI is InChI=1S/C19H22N4O2S/c24-16-11-14(12-23(16)15-9-5-2-6-10-15)18-21-22-19(26-18)20-17(25)13-7-3-1-4-8-13/h2,5-6,9-10,13-14H,1,3-4,7-8,11-12H2,(H,20,22,25). The zero-order chi connectivity index (χ0) is 17.9. The number of para-hydroxylation sites is 1. The fraction of sp³-hybridized carbons (Fsp3) is 0.474. The summed E-state index contributed by atoms with van der Waals surface area (Å²) >= 11 is 1.39. The molecule has 1 saturated carbocycles. The van der Waals surface area contributed by atoms with Crippen molar-refractivity contribution in [1.29, 1.82) is 0 Å². The van der Waals surface area contributed by atoms with Gasteiger partial charge in [0.15, 0.2) is 0 Å². The summed E-state index contributed by atoms with van der Waals surface area (Å²) in [5, 5.41) is 12.6. The molecule has 26 heavy (non-hydrogen) atoms. The van der Waals surface area contributed by atoms with Gasteiger partial charge in [-0.15, -0.1) is 10.2 Å². The summed E-state index contributed by atoms with van der Waals surface area (Å²) in [6.07, 6.45) is 5.82. The lowest BCUT2D eigenvalue weighted by atomic mass is 9.89. The molecule has 1 unspecified atom stereocenters. The van der Waals surface area contributed by atoms with E-state index in [0.29, 0.717) is 18.1 Å². The number of aromatic nitrogens is 2. The second-order valence-electron chi connectivity index (χ2n) is 7.01. The number of benzene rings is 1. The number of nitrogens with one attached hydrogen (secondary N) is 1. The maximum Gasteiger partial charge on any atom is 0.229 e. The van der Waals surface area contributed by atoms with Crippen molar-refractivity contribution in [2.24, 2.45) is 5.92 Å². The van der Waals surface area contributed by atoms with Gasteiger partial charge in [0.25, 0.3) is 0 Å². The predicted octanol–water partition coefficient (Wildman–Crippen LogP) is 3.58. The predicted molar refractivity (Wildman–Crippen MR) is 101 cm³/mol. The highest BCUT2D eigenvalue weighted by Gasteiger charge is 2.34. The molecule has 7 heteroatoms. The molecule has 0 bridgehead atoms. The summed E-state index contributed by atoms with van der Waals surface area (Å²) in [7, 11) is 0. The first kappa shape index (κ1) is 17.1. The number of anilines is 2. The Hall–Kier alpha value is -2.28. The highest BCUT2D eigenvalue weighted by molar-refractivity contribution is 7.15. The average molecular weight is 370 g/mol. The van der Waals surface area contributed by atoms with Gasteiger partial charge in [0.2, 0.25) is 16.9 Å². The maximum absolute atomic E-state index is 12.4. The van der Waals surface area contributed by atoms with Crippen molar-refractivity contribution in [2.45, 2.75) is 44.4 Å². The van der Waals surface area contributed by atoms with E-state index in [9.17, 15) is 9.59 Å². The maximum atomic E-state index is 12.4. The first-order valence-electron chi connectivity index (χ1n) is 9.20. The lowest BCUT2D eigenvalue weighted by Gasteiger charge is -2.19. The second-order valence-corrected chi connectivity index (χ2v) is 8.02. The Morgan fingerprint density at radius 1 is 1.12 bits per heavy atom. The van der Waals surface area contributed by atoms with Gasteiger partial charge in [0.1, 0.15) is 5.01 Å². The van der Waals surface area contributed by atoms with Crippen LogP contribution in [0.25, 0.3) is 0 Å². The molecule has 136 valence electrons. The number of nitrogens with zero attached hydrogens (tertiary/aromatic N) is 3. The van der Waals surface area contributed by atoms with Crippen molar-refractivity contribution in [3.8, 4) is 0 Å². The normalized spacial score (nSPS) is 21.2. The van der Waals surface area contributed by atoms with Crippen LogP contribution in [0.3, 0.4) is 0 Å². The van der Waals surface area contributed by atoms with Gasteiger partial charge in [-0.2, -0.15) is 0 Å². The van der Waals surface area contributed by atoms with E-state index in [2.05, 4.69) is 15.5 Å². The third-order valence-corrected chi connectivity index (χ3v) is 6.19. The lowest BCUT2D eigenvalue weighted by molar-refractivity contribution is -0.120. The van der Waals surface area contributed by atoms with Crippen LogP contribution >= 0.6 is 11.3 Å². The monoisotopic (exact) mass is 370 g/mol. The van der Waals surface area contributed by atoms with Gasteiger partial charge in [0, 0.05) is 30.5 Å². The van der Waals surface area contributed by atoms with Crippen molar-refractivity contribution in [1.82, 2.24) is 10.2 Å². The van der Waals surface area contributed by atoms with Crippen molar-refractivity contribution in [3.63, 3.8) is 0 Å². The molecule has 1 aromatic heterocycles. The van der Waals surface area contributed by atoms with E-state index in [1.807, 2.05) is 30.3 Å². The number of carbonyl (C=O) groups is 2. The van der Waals surface area contributed by atoms with Crippen LogP contribution in [0.4, 0.5) is 10.8 Å². The Labute approximate surface area is 156 Å². The Kier molecular flexibility index (Phi) is 4.97. The zero-order valence-electron chi connectivity index (χ0n) is 14.6. The molecule has 1 aliphatic heterocycles. The van der Waals surface area contributed by atoms with Gasteiger partial charge in [-0.05, 0) is 25.0 Å². The number of hydrogen-bond acceptors (Lipinski definition) is 5. The van der Waals surface area contributed by atoms with Crippen LogP contribution in [0.5, 0.6) is 0 Å². The molecule has 2 heterocycles. The van der Waals surface area contributed by atoms with Crippen molar-refractivity contribution in [3.05, 3.63) is 35.3 Å². The van der Waals surface area contributed by atoms with Gasteiger partial charge in [-0.25, -0.2) is 0 Å². The summed E-state index contributed by atoms with van der Waals surface area (Å²) in [5.41, 5.74) is 0.912. The number of rotatable bonds is 4.